The molecule has 52 heavy (non-hydrogen) atoms. The van der Waals surface area contributed by atoms with Gasteiger partial charge in [0.15, 0.2) is 0 Å². The molecule has 6 amide bonds. The quantitative estimate of drug-likeness (QED) is 0.249. The summed E-state index contributed by atoms with van der Waals surface area (Å²) in [4.78, 5) is 85.2. The fourth-order valence-corrected chi connectivity index (χ4v) is 9.95. The molecule has 2 saturated heterocycles. The van der Waals surface area contributed by atoms with Gasteiger partial charge < -0.3 is 36.2 Å². The minimum Gasteiger partial charge on any atom is -0.372 e. The van der Waals surface area contributed by atoms with Crippen molar-refractivity contribution in [2.24, 2.45) is 38.7 Å². The summed E-state index contributed by atoms with van der Waals surface area (Å²) in [5.41, 5.74) is 3.08. The highest BCUT2D eigenvalue weighted by Gasteiger charge is 2.85. The number of nitrogens with two attached hydrogens (primary N) is 1. The molecule has 5 aliphatic rings. The molecule has 0 aromatic heterocycles. The molecule has 0 aromatic carbocycles. The van der Waals surface area contributed by atoms with Gasteiger partial charge in [0, 0.05) is 25.0 Å². The number of urea groups is 1. The summed E-state index contributed by atoms with van der Waals surface area (Å²) in [7, 11) is 0. The van der Waals surface area contributed by atoms with Gasteiger partial charge in [-0.1, -0.05) is 81.1 Å². The number of primary amides is 1. The molecule has 5 rings (SSSR count). The van der Waals surface area contributed by atoms with E-state index < -0.39 is 70.1 Å². The lowest BCUT2D eigenvalue weighted by atomic mass is 9.73. The number of rotatable bonds is 10. The molecule has 3 saturated carbocycles. The van der Waals surface area contributed by atoms with E-state index in [1.54, 1.807) is 9.80 Å². The first-order valence-corrected chi connectivity index (χ1v) is 19.3. The van der Waals surface area contributed by atoms with Crippen LogP contribution in [0.3, 0.4) is 0 Å². The summed E-state index contributed by atoms with van der Waals surface area (Å²) in [5, 5.41) is 8.68. The Morgan fingerprint density at radius 3 is 1.83 bits per heavy atom. The lowest BCUT2D eigenvalue weighted by molar-refractivity contribution is -0.150. The molecule has 0 bridgehead atoms. The maximum absolute atomic E-state index is 14.9. The number of fused-ring (bicyclic) bond motifs is 1. The third-order valence-corrected chi connectivity index (χ3v) is 13.6. The van der Waals surface area contributed by atoms with Gasteiger partial charge in [0.25, 0.3) is 5.91 Å². The maximum atomic E-state index is 14.9. The number of nitrogens with zero attached hydrogens (tertiary/aromatic N) is 2. The van der Waals surface area contributed by atoms with Crippen molar-refractivity contribution in [1.82, 2.24) is 25.8 Å². The second-order valence-corrected chi connectivity index (χ2v) is 19.7. The Morgan fingerprint density at radius 1 is 0.808 bits per heavy atom. The molecule has 5 fully saturated rings. The molecule has 13 heteroatoms. The number of carbonyl (C=O) groups is 6. The van der Waals surface area contributed by atoms with Crippen LogP contribution in [-0.2, 0) is 28.7 Å². The first kappa shape index (κ1) is 40.0. The van der Waals surface area contributed by atoms with Crippen molar-refractivity contribution < 1.29 is 33.5 Å². The van der Waals surface area contributed by atoms with Crippen LogP contribution in [0.4, 0.5) is 4.79 Å². The van der Waals surface area contributed by atoms with Crippen LogP contribution in [0.2, 0.25) is 0 Å². The smallest absolute Gasteiger partial charge is 0.316 e. The number of ketones is 1. The Balaban J connectivity index is 1.39. The van der Waals surface area contributed by atoms with E-state index in [4.69, 9.17) is 10.5 Å². The van der Waals surface area contributed by atoms with Gasteiger partial charge in [-0.25, -0.2) is 4.79 Å². The van der Waals surface area contributed by atoms with Gasteiger partial charge in [-0.05, 0) is 67.1 Å². The molecule has 5 N–H and O–H groups in total. The number of hydrogen-bond donors (Lipinski definition) is 4. The number of amides is 6. The Kier molecular flexibility index (Phi) is 10.4. The average Bonchev–Trinajstić information content (AvgIpc) is 3.20. The third-order valence-electron chi connectivity index (χ3n) is 13.6. The zero-order chi connectivity index (χ0) is 38.8. The minimum absolute atomic E-state index is 0.0122. The topological polar surface area (TPSA) is 180 Å². The second-order valence-electron chi connectivity index (χ2n) is 19.7. The van der Waals surface area contributed by atoms with Crippen LogP contribution in [0.5, 0.6) is 0 Å². The number of carbonyl (C=O) groups excluding carboxylic acids is 6. The summed E-state index contributed by atoms with van der Waals surface area (Å²) in [6, 6.07) is -4.54. The molecule has 292 valence electrons. The average molecular weight is 729 g/mol. The predicted molar refractivity (Wildman–Crippen MR) is 195 cm³/mol. The van der Waals surface area contributed by atoms with E-state index in [1.807, 2.05) is 55.4 Å². The Labute approximate surface area is 309 Å². The van der Waals surface area contributed by atoms with Gasteiger partial charge in [0.2, 0.25) is 23.5 Å². The highest BCUT2D eigenvalue weighted by molar-refractivity contribution is 6.37. The van der Waals surface area contributed by atoms with Crippen molar-refractivity contribution in [3.63, 3.8) is 0 Å². The van der Waals surface area contributed by atoms with E-state index in [1.165, 1.54) is 0 Å². The molecule has 5 atom stereocenters. The van der Waals surface area contributed by atoms with E-state index in [9.17, 15) is 28.8 Å². The molecule has 0 radical (unpaired) electrons. The van der Waals surface area contributed by atoms with Gasteiger partial charge in [-0.3, -0.25) is 24.0 Å². The first-order chi connectivity index (χ1) is 23.9. The van der Waals surface area contributed by atoms with E-state index in [0.29, 0.717) is 39.1 Å². The van der Waals surface area contributed by atoms with Crippen LogP contribution in [0.15, 0.2) is 0 Å². The van der Waals surface area contributed by atoms with Crippen LogP contribution in [0, 0.1) is 33.0 Å². The van der Waals surface area contributed by atoms with Crippen LogP contribution < -0.4 is 21.7 Å². The predicted octanol–water partition coefficient (Wildman–Crippen LogP) is 3.28. The fourth-order valence-electron chi connectivity index (χ4n) is 9.95. The molecule has 3 aliphatic carbocycles. The van der Waals surface area contributed by atoms with E-state index in [0.717, 1.165) is 38.5 Å². The van der Waals surface area contributed by atoms with Crippen molar-refractivity contribution in [2.45, 2.75) is 150 Å². The zero-order valence-corrected chi connectivity index (χ0v) is 33.2. The van der Waals surface area contributed by atoms with Crippen LogP contribution in [-0.4, -0.2) is 101 Å². The molecule has 0 aromatic rings. The molecule has 2 heterocycles. The molecule has 2 spiro atoms. The first-order valence-electron chi connectivity index (χ1n) is 19.3. The summed E-state index contributed by atoms with van der Waals surface area (Å²) >= 11 is 0. The number of morpholine rings is 1. The van der Waals surface area contributed by atoms with E-state index in [2.05, 4.69) is 29.8 Å². The maximum Gasteiger partial charge on any atom is 0.316 e. The summed E-state index contributed by atoms with van der Waals surface area (Å²) in [5.74, 6) is -2.81. The Hall–Kier alpha value is -3.22. The van der Waals surface area contributed by atoms with Gasteiger partial charge in [0.05, 0.1) is 18.2 Å². The van der Waals surface area contributed by atoms with Crippen LogP contribution in [0.25, 0.3) is 0 Å². The summed E-state index contributed by atoms with van der Waals surface area (Å²) < 4.78 is 5.80. The lowest BCUT2D eigenvalue weighted by Crippen LogP contribution is -2.63. The zero-order valence-electron chi connectivity index (χ0n) is 33.2. The minimum atomic E-state index is -1.09. The second kappa shape index (κ2) is 13.6. The van der Waals surface area contributed by atoms with Gasteiger partial charge in [-0.2, -0.15) is 0 Å². The molecule has 13 nitrogen and oxygen atoms in total. The molecule has 2 aliphatic heterocycles. The Morgan fingerprint density at radius 2 is 1.38 bits per heavy atom. The van der Waals surface area contributed by atoms with Gasteiger partial charge in [-0.15, -0.1) is 0 Å². The van der Waals surface area contributed by atoms with Gasteiger partial charge in [0.1, 0.15) is 18.1 Å². The fraction of sp³-hybridized carbons (Fsp3) is 0.846. The van der Waals surface area contributed by atoms with Crippen LogP contribution in [0.1, 0.15) is 121 Å². The third kappa shape index (κ3) is 7.07. The molecular formula is C39H64N6O7. The summed E-state index contributed by atoms with van der Waals surface area (Å²) in [6.07, 6.45) is 6.76. The van der Waals surface area contributed by atoms with Crippen LogP contribution >= 0.6 is 0 Å². The van der Waals surface area contributed by atoms with E-state index >= 15 is 0 Å². The van der Waals surface area contributed by atoms with Crippen molar-refractivity contribution in [3.8, 4) is 0 Å². The number of Topliss-reactive ketones (excluding diaryl/α,β-unsaturated/α-hetero) is 1. The van der Waals surface area contributed by atoms with Crippen molar-refractivity contribution in [2.75, 3.05) is 26.2 Å². The van der Waals surface area contributed by atoms with Gasteiger partial charge >= 0.3 is 6.03 Å². The Bertz CT molecular complexity index is 1470. The number of nitrogens with one attached hydrogen (secondary N) is 3. The highest BCUT2D eigenvalue weighted by Crippen LogP contribution is 2.88. The standard InChI is InChI=1S/C39H64N6O7/c1-34(2,3)27(31(49)44-17-18-52-36(7,8)21-44)42-33(51)43-28(35(4,5)6)32(50)45-22-39(37(9,10)38(39)15-12-16-38)20-25(45)30(48)41-24(26(46)29(40)47)19-23-13-11-14-23/h23-25,27-28H,11-22H2,1-10H3,(H2,40,47)(H,41,48)(H2,42,43,51)/t24?,25-,27+,28+,39+/m0/s1. The lowest BCUT2D eigenvalue weighted by Gasteiger charge is -2.42. The van der Waals surface area contributed by atoms with E-state index in [-0.39, 0.29) is 28.1 Å². The monoisotopic (exact) mass is 728 g/mol. The number of likely N-dealkylation sites (tertiary alicyclic amines) is 1. The number of ether oxygens (including phenoxy) is 1. The van der Waals surface area contributed by atoms with Crippen molar-refractivity contribution in [3.05, 3.63) is 0 Å². The largest absolute Gasteiger partial charge is 0.372 e. The molecule has 1 unspecified atom stereocenters. The summed E-state index contributed by atoms with van der Waals surface area (Å²) in [6.45, 7) is 21.0. The van der Waals surface area contributed by atoms with Crippen molar-refractivity contribution >= 4 is 35.4 Å². The van der Waals surface area contributed by atoms with Crippen molar-refractivity contribution in [1.29, 1.82) is 0 Å². The molecular weight excluding hydrogens is 664 g/mol. The number of hydrogen-bond acceptors (Lipinski definition) is 7. The highest BCUT2D eigenvalue weighted by atomic mass is 16.5. The SMILES string of the molecule is CC1(C)CN(C(=O)[C@@H](NC(=O)N[C@H](C(=O)N2C[C@]3(C[C@H]2C(=O)NC(CC2CCC2)C(=O)C(N)=O)C(C)(C)C32CCC2)C(C)(C)C)C(C)(C)C)CCO1. The normalized spacial score (nSPS) is 27.8.